The third kappa shape index (κ3) is 14.7. The van der Waals surface area contributed by atoms with E-state index in [-0.39, 0.29) is 66.8 Å². The van der Waals surface area contributed by atoms with Crippen molar-refractivity contribution in [2.75, 3.05) is 20.8 Å². The van der Waals surface area contributed by atoms with E-state index in [4.69, 9.17) is 9.47 Å². The van der Waals surface area contributed by atoms with Gasteiger partial charge in [-0.2, -0.15) is 0 Å². The van der Waals surface area contributed by atoms with Crippen molar-refractivity contribution in [3.05, 3.63) is 35.5 Å². The summed E-state index contributed by atoms with van der Waals surface area (Å²) in [7, 11) is 3.08. The highest BCUT2D eigenvalue weighted by molar-refractivity contribution is 6.39. The van der Waals surface area contributed by atoms with Gasteiger partial charge < -0.3 is 34.8 Å². The molecule has 2 bridgehead atoms. The van der Waals surface area contributed by atoms with Crippen molar-refractivity contribution < 1.29 is 49.1 Å². The van der Waals surface area contributed by atoms with Gasteiger partial charge in [0, 0.05) is 39.5 Å². The molecule has 4 rings (SSSR count). The SMILES string of the molecule is C=C1C[C@H]([C@H](C)C[C@@H]2CC[C@@H](C)[C@H](OC)C2)CC(=O)[C@H](C)/C=C(\C)[C@@H](O)[C@H](OC)C(=O)[C@H](O)C[C@H](O)CCCCC=C(C)[C@@H](CC)CC2CC[C@@H](C)[C@@](O)(C2)C(=O)C(=O)N2CCCC[C@@H]12. The van der Waals surface area contributed by atoms with E-state index in [9.17, 15) is 39.6 Å². The summed E-state index contributed by atoms with van der Waals surface area (Å²) in [6, 6.07) is -0.389. The molecule has 370 valence electrons. The predicted molar refractivity (Wildman–Crippen MR) is 256 cm³/mol. The van der Waals surface area contributed by atoms with Gasteiger partial charge in [-0.1, -0.05) is 70.9 Å². The zero-order chi connectivity index (χ0) is 48.2. The Balaban J connectivity index is 1.67. The number of rotatable bonds is 6. The minimum atomic E-state index is -1.75. The molecule has 0 radical (unpaired) electrons. The number of Topliss-reactive ketones (excluding diaryl/α,β-unsaturated/α-hetero) is 3. The Morgan fingerprint density at radius 2 is 1.57 bits per heavy atom. The van der Waals surface area contributed by atoms with Gasteiger partial charge in [0.1, 0.15) is 29.7 Å². The number of ketones is 3. The minimum absolute atomic E-state index is 0.0360. The molecule has 2 aliphatic heterocycles. The maximum atomic E-state index is 14.5. The molecular formula is C54H89NO10. The summed E-state index contributed by atoms with van der Waals surface area (Å²) in [5.41, 5.74) is 0.691. The number of aliphatic hydroxyl groups excluding tert-OH is 3. The summed E-state index contributed by atoms with van der Waals surface area (Å²) >= 11 is 0. The number of fused-ring (bicyclic) bond motifs is 3. The Morgan fingerprint density at radius 3 is 2.25 bits per heavy atom. The second-order valence-corrected chi connectivity index (χ2v) is 21.4. The van der Waals surface area contributed by atoms with E-state index in [1.807, 2.05) is 6.92 Å². The molecule has 4 N–H and O–H groups in total. The third-order valence-corrected chi connectivity index (χ3v) is 16.6. The molecule has 2 aliphatic carbocycles. The number of allylic oxidation sites excluding steroid dienone is 3. The molecule has 2 saturated carbocycles. The zero-order valence-corrected chi connectivity index (χ0v) is 41.8. The van der Waals surface area contributed by atoms with Crippen molar-refractivity contribution in [3.63, 3.8) is 0 Å². The molecule has 0 spiro atoms. The Kier molecular flexibility index (Phi) is 21.8. The normalized spacial score (nSPS) is 39.2. The third-order valence-electron chi connectivity index (χ3n) is 16.6. The number of ether oxygens (including phenoxy) is 2. The number of hydrogen-bond acceptors (Lipinski definition) is 10. The number of aliphatic hydroxyl groups is 4. The fourth-order valence-electron chi connectivity index (χ4n) is 11.9. The number of nitrogens with zero attached hydrogens (tertiary/aromatic N) is 1. The Morgan fingerprint density at radius 1 is 0.862 bits per heavy atom. The zero-order valence-electron chi connectivity index (χ0n) is 41.8. The smallest absolute Gasteiger partial charge is 0.293 e. The van der Waals surface area contributed by atoms with E-state index in [1.54, 1.807) is 31.9 Å². The quantitative estimate of drug-likeness (QED) is 0.149. The van der Waals surface area contributed by atoms with Gasteiger partial charge in [-0.05, 0) is 164 Å². The van der Waals surface area contributed by atoms with E-state index >= 15 is 0 Å². The number of piperidine rings is 1. The van der Waals surface area contributed by atoms with Gasteiger partial charge in [0.15, 0.2) is 5.78 Å². The van der Waals surface area contributed by atoms with Crippen molar-refractivity contribution in [3.8, 4) is 0 Å². The first-order valence-corrected chi connectivity index (χ1v) is 25.5. The molecule has 65 heavy (non-hydrogen) atoms. The topological polar surface area (TPSA) is 171 Å². The van der Waals surface area contributed by atoms with Crippen LogP contribution in [0, 0.1) is 47.3 Å². The molecule has 11 heteroatoms. The highest BCUT2D eigenvalue weighted by atomic mass is 16.5. The fraction of sp³-hybridized carbons (Fsp3) is 0.815. The fourth-order valence-corrected chi connectivity index (χ4v) is 11.9. The number of amides is 1. The average molecular weight is 912 g/mol. The minimum Gasteiger partial charge on any atom is -0.393 e. The van der Waals surface area contributed by atoms with Crippen molar-refractivity contribution in [2.24, 2.45) is 47.3 Å². The summed E-state index contributed by atoms with van der Waals surface area (Å²) in [5, 5.41) is 45.4. The van der Waals surface area contributed by atoms with Crippen LogP contribution in [-0.4, -0.2) is 112 Å². The van der Waals surface area contributed by atoms with Crippen molar-refractivity contribution >= 4 is 23.3 Å². The molecule has 0 aromatic carbocycles. The Labute approximate surface area is 392 Å². The van der Waals surface area contributed by atoms with Crippen LogP contribution in [0.2, 0.25) is 0 Å². The lowest BCUT2D eigenvalue weighted by Gasteiger charge is -2.44. The largest absolute Gasteiger partial charge is 0.393 e. The molecule has 4 aliphatic rings. The van der Waals surface area contributed by atoms with Crippen LogP contribution in [-0.2, 0) is 28.7 Å². The highest BCUT2D eigenvalue weighted by Crippen LogP contribution is 2.43. The first kappa shape index (κ1) is 55.1. The van der Waals surface area contributed by atoms with Gasteiger partial charge in [-0.15, -0.1) is 0 Å². The number of carbonyl (C=O) groups is 4. The second-order valence-electron chi connectivity index (χ2n) is 21.4. The maximum Gasteiger partial charge on any atom is 0.293 e. The molecule has 0 aromatic heterocycles. The summed E-state index contributed by atoms with van der Waals surface area (Å²) in [6.45, 7) is 19.1. The van der Waals surface area contributed by atoms with Crippen LogP contribution in [0.5, 0.6) is 0 Å². The van der Waals surface area contributed by atoms with Crippen LogP contribution in [0.25, 0.3) is 0 Å². The Bertz CT molecular complexity index is 1660. The highest BCUT2D eigenvalue weighted by Gasteiger charge is 2.51. The van der Waals surface area contributed by atoms with Crippen LogP contribution in [0.4, 0.5) is 0 Å². The molecular weight excluding hydrogens is 823 g/mol. The molecule has 15 atom stereocenters. The second kappa shape index (κ2) is 25.7. The molecule has 11 nitrogen and oxygen atoms in total. The van der Waals surface area contributed by atoms with Gasteiger partial charge >= 0.3 is 0 Å². The lowest BCUT2D eigenvalue weighted by molar-refractivity contribution is -0.164. The van der Waals surface area contributed by atoms with Crippen LogP contribution < -0.4 is 0 Å². The lowest BCUT2D eigenvalue weighted by Crippen LogP contribution is -2.58. The van der Waals surface area contributed by atoms with E-state index in [1.165, 1.54) is 12.7 Å². The summed E-state index contributed by atoms with van der Waals surface area (Å²) < 4.78 is 11.3. The maximum absolute atomic E-state index is 14.5. The van der Waals surface area contributed by atoms with Crippen LogP contribution in [0.3, 0.4) is 0 Å². The predicted octanol–water partition coefficient (Wildman–Crippen LogP) is 8.68. The van der Waals surface area contributed by atoms with Crippen molar-refractivity contribution in [1.82, 2.24) is 4.90 Å². The van der Waals surface area contributed by atoms with Crippen molar-refractivity contribution in [2.45, 2.75) is 213 Å². The summed E-state index contributed by atoms with van der Waals surface area (Å²) in [5.74, 6) is -1.80. The van der Waals surface area contributed by atoms with Crippen molar-refractivity contribution in [1.29, 1.82) is 0 Å². The monoisotopic (exact) mass is 912 g/mol. The standard InChI is InChI=1S/C54H89NO10/c1-11-42-28-41-23-21-39(8)54(63,32-41)52(61)53(62)55-24-16-15-19-45(55)36(5)27-43(35(4)26-40-22-20-34(3)48(29-40)64-9)30-46(57)37(6)25-38(7)49(59)51(65-10)50(60)47(58)31-44(56)18-14-12-13-17-33(42)2/h17,25,34-35,37,39-45,47-49,51,56,58-59,63H,5,11-16,18-24,26-32H2,1-4,6-10H3/b33-17?,38-25+/t34-,35-,37-,39-,40+,41?,42+,43+,44-,45+,47-,48-,49-,51+,54+/m1/s1. The van der Waals surface area contributed by atoms with E-state index in [0.29, 0.717) is 56.1 Å². The summed E-state index contributed by atoms with van der Waals surface area (Å²) in [4.78, 5) is 58.4. The van der Waals surface area contributed by atoms with E-state index in [2.05, 4.69) is 40.3 Å². The average Bonchev–Trinajstić information content (AvgIpc) is 3.28. The Hall–Kier alpha value is -2.54. The molecule has 0 aromatic rings. The lowest BCUT2D eigenvalue weighted by atomic mass is 9.66. The summed E-state index contributed by atoms with van der Waals surface area (Å²) in [6.07, 6.45) is 11.9. The molecule has 1 saturated heterocycles. The van der Waals surface area contributed by atoms with Gasteiger partial charge in [0.25, 0.3) is 11.7 Å². The number of methoxy groups -OCH3 is 2. The van der Waals surface area contributed by atoms with Crippen LogP contribution in [0.15, 0.2) is 35.5 Å². The van der Waals surface area contributed by atoms with Crippen LogP contribution in [0.1, 0.15) is 170 Å². The number of hydrogen-bond donors (Lipinski definition) is 4. The van der Waals surface area contributed by atoms with Crippen LogP contribution >= 0.6 is 0 Å². The molecule has 1 unspecified atom stereocenters. The first-order chi connectivity index (χ1) is 30.7. The van der Waals surface area contributed by atoms with Gasteiger partial charge in [-0.25, -0.2) is 0 Å². The molecule has 3 fully saturated rings. The molecule has 1 amide bonds. The van der Waals surface area contributed by atoms with E-state index in [0.717, 1.165) is 76.2 Å². The van der Waals surface area contributed by atoms with E-state index < -0.39 is 53.4 Å². The van der Waals surface area contributed by atoms with Gasteiger partial charge in [0.2, 0.25) is 0 Å². The first-order valence-electron chi connectivity index (χ1n) is 25.5. The molecule has 2 heterocycles. The van der Waals surface area contributed by atoms with Gasteiger partial charge in [-0.3, -0.25) is 19.2 Å². The van der Waals surface area contributed by atoms with Gasteiger partial charge in [0.05, 0.1) is 18.2 Å². The number of carbonyl (C=O) groups excluding carboxylic acids is 4.